The molecular weight excluding hydrogens is 286 g/mol. The van der Waals surface area contributed by atoms with Crippen molar-refractivity contribution < 1.29 is 4.74 Å². The van der Waals surface area contributed by atoms with E-state index in [1.54, 1.807) is 0 Å². The van der Waals surface area contributed by atoms with E-state index in [0.717, 1.165) is 55.1 Å². The molecule has 2 aromatic heterocycles. The maximum Gasteiger partial charge on any atom is 0.160 e. The van der Waals surface area contributed by atoms with E-state index in [9.17, 15) is 0 Å². The van der Waals surface area contributed by atoms with E-state index in [2.05, 4.69) is 28.4 Å². The van der Waals surface area contributed by atoms with Crippen LogP contribution in [0.3, 0.4) is 0 Å². The van der Waals surface area contributed by atoms with Gasteiger partial charge in [0.2, 0.25) is 0 Å². The molecular formula is C16H24ClN3O. The number of aryl methyl sites for hydroxylation is 3. The molecule has 0 fully saturated rings. The van der Waals surface area contributed by atoms with E-state index >= 15 is 0 Å². The minimum absolute atomic E-state index is 0.301. The molecule has 0 spiro atoms. The van der Waals surface area contributed by atoms with Gasteiger partial charge in [0.25, 0.3) is 0 Å². The van der Waals surface area contributed by atoms with Gasteiger partial charge in [-0.25, -0.2) is 9.97 Å². The predicted octanol–water partition coefficient (Wildman–Crippen LogP) is 3.73. The van der Waals surface area contributed by atoms with E-state index in [-0.39, 0.29) is 0 Å². The van der Waals surface area contributed by atoms with Crippen LogP contribution in [0.1, 0.15) is 38.2 Å². The van der Waals surface area contributed by atoms with Gasteiger partial charge in [-0.05, 0) is 45.7 Å². The third-order valence-electron chi connectivity index (χ3n) is 3.36. The summed E-state index contributed by atoms with van der Waals surface area (Å²) < 4.78 is 7.79. The molecule has 0 N–H and O–H groups in total. The van der Waals surface area contributed by atoms with Gasteiger partial charge in [0.05, 0.1) is 6.10 Å². The average Bonchev–Trinajstić information content (AvgIpc) is 2.76. The van der Waals surface area contributed by atoms with E-state index in [1.807, 2.05) is 19.1 Å². The quantitative estimate of drug-likeness (QED) is 0.551. The molecule has 0 saturated carbocycles. The van der Waals surface area contributed by atoms with Crippen molar-refractivity contribution in [3.05, 3.63) is 23.7 Å². The fourth-order valence-electron chi connectivity index (χ4n) is 2.34. The first kappa shape index (κ1) is 16.2. The highest BCUT2D eigenvalue weighted by atomic mass is 35.5. The number of rotatable bonds is 8. The smallest absolute Gasteiger partial charge is 0.160 e. The Morgan fingerprint density at radius 3 is 2.76 bits per heavy atom. The van der Waals surface area contributed by atoms with Crippen LogP contribution in [-0.4, -0.2) is 33.1 Å². The highest BCUT2D eigenvalue weighted by Crippen LogP contribution is 2.17. The van der Waals surface area contributed by atoms with Gasteiger partial charge < -0.3 is 9.30 Å². The topological polar surface area (TPSA) is 39.9 Å². The number of ether oxygens (including phenoxy) is 1. The monoisotopic (exact) mass is 309 g/mol. The largest absolute Gasteiger partial charge is 0.379 e. The molecule has 2 heterocycles. The molecule has 0 bridgehead atoms. The molecule has 0 amide bonds. The summed E-state index contributed by atoms with van der Waals surface area (Å²) in [6.45, 7) is 7.86. The lowest BCUT2D eigenvalue weighted by atomic mass is 10.3. The summed E-state index contributed by atoms with van der Waals surface area (Å²) in [4.78, 5) is 9.29. The van der Waals surface area contributed by atoms with Crippen molar-refractivity contribution in [1.29, 1.82) is 0 Å². The molecule has 0 aromatic carbocycles. The first-order valence-electron chi connectivity index (χ1n) is 7.62. The Hall–Kier alpha value is -1.13. The average molecular weight is 310 g/mol. The molecule has 21 heavy (non-hydrogen) atoms. The van der Waals surface area contributed by atoms with Gasteiger partial charge in [0, 0.05) is 31.1 Å². The van der Waals surface area contributed by atoms with Crippen molar-refractivity contribution in [3.63, 3.8) is 0 Å². The second-order valence-corrected chi connectivity index (χ2v) is 5.92. The van der Waals surface area contributed by atoms with Gasteiger partial charge in [-0.3, -0.25) is 0 Å². The molecule has 5 heteroatoms. The second kappa shape index (κ2) is 7.76. The summed E-state index contributed by atoms with van der Waals surface area (Å²) in [5.74, 6) is 1.61. The van der Waals surface area contributed by atoms with Crippen LogP contribution in [0.2, 0.25) is 0 Å². The van der Waals surface area contributed by atoms with Crippen LogP contribution in [0.15, 0.2) is 12.1 Å². The number of aromatic nitrogens is 3. The van der Waals surface area contributed by atoms with Crippen molar-refractivity contribution in [1.82, 2.24) is 14.5 Å². The van der Waals surface area contributed by atoms with Gasteiger partial charge in [-0.1, -0.05) is 0 Å². The van der Waals surface area contributed by atoms with E-state index < -0.39 is 0 Å². The number of hydrogen-bond acceptors (Lipinski definition) is 3. The molecule has 2 rings (SSSR count). The number of fused-ring (bicyclic) bond motifs is 1. The lowest BCUT2D eigenvalue weighted by molar-refractivity contribution is 0.0754. The number of hydrogen-bond donors (Lipinski definition) is 0. The molecule has 0 aliphatic rings. The number of alkyl halides is 1. The summed E-state index contributed by atoms with van der Waals surface area (Å²) in [5.41, 5.74) is 2.95. The van der Waals surface area contributed by atoms with Crippen LogP contribution in [0.5, 0.6) is 0 Å². The van der Waals surface area contributed by atoms with Crippen molar-refractivity contribution in [2.24, 2.45) is 0 Å². The summed E-state index contributed by atoms with van der Waals surface area (Å²) in [6.07, 6.45) is 3.18. The van der Waals surface area contributed by atoms with Crippen molar-refractivity contribution in [3.8, 4) is 0 Å². The Bertz CT molecular complexity index is 580. The van der Waals surface area contributed by atoms with E-state index in [0.29, 0.717) is 12.0 Å². The lowest BCUT2D eigenvalue weighted by Crippen LogP contribution is -2.08. The summed E-state index contributed by atoms with van der Waals surface area (Å²) in [6, 6.07) is 4.04. The fourth-order valence-corrected chi connectivity index (χ4v) is 2.51. The van der Waals surface area contributed by atoms with Crippen LogP contribution >= 0.6 is 11.6 Å². The number of nitrogens with zero attached hydrogens (tertiary/aromatic N) is 3. The third-order valence-corrected chi connectivity index (χ3v) is 3.54. The maximum absolute atomic E-state index is 5.89. The predicted molar refractivity (Wildman–Crippen MR) is 87.0 cm³/mol. The number of unbranched alkanes of at least 4 members (excludes halogenated alkanes) is 1. The first-order chi connectivity index (χ1) is 10.1. The zero-order chi connectivity index (χ0) is 15.2. The Balaban J connectivity index is 2.08. The normalized spacial score (nSPS) is 11.7. The standard InChI is InChI=1S/C16H24ClN3O/c1-12(2)21-11-5-4-10-20-15(8-9-17)19-14-7-6-13(3)18-16(14)20/h6-7,12H,4-5,8-11H2,1-3H3. The fraction of sp³-hybridized carbons (Fsp3) is 0.625. The van der Waals surface area contributed by atoms with Crippen molar-refractivity contribution in [2.75, 3.05) is 12.5 Å². The summed E-state index contributed by atoms with van der Waals surface area (Å²) in [7, 11) is 0. The maximum atomic E-state index is 5.89. The molecule has 0 saturated heterocycles. The lowest BCUT2D eigenvalue weighted by Gasteiger charge is -2.10. The van der Waals surface area contributed by atoms with Gasteiger partial charge in [-0.2, -0.15) is 0 Å². The highest BCUT2D eigenvalue weighted by molar-refractivity contribution is 6.17. The van der Waals surface area contributed by atoms with Gasteiger partial charge >= 0.3 is 0 Å². The molecule has 0 aliphatic carbocycles. The molecule has 0 radical (unpaired) electrons. The van der Waals surface area contributed by atoms with Crippen molar-refractivity contribution in [2.45, 2.75) is 52.7 Å². The Morgan fingerprint density at radius 2 is 2.05 bits per heavy atom. The SMILES string of the molecule is Cc1ccc2nc(CCCl)n(CCCCOC(C)C)c2n1. The zero-order valence-corrected chi connectivity index (χ0v) is 13.9. The van der Waals surface area contributed by atoms with Crippen LogP contribution in [0, 0.1) is 6.92 Å². The third kappa shape index (κ3) is 4.42. The Morgan fingerprint density at radius 1 is 1.24 bits per heavy atom. The molecule has 0 aliphatic heterocycles. The second-order valence-electron chi connectivity index (χ2n) is 5.54. The molecule has 0 atom stereocenters. The first-order valence-corrected chi connectivity index (χ1v) is 8.15. The van der Waals surface area contributed by atoms with Crippen LogP contribution < -0.4 is 0 Å². The minimum Gasteiger partial charge on any atom is -0.379 e. The van der Waals surface area contributed by atoms with E-state index in [4.69, 9.17) is 16.3 Å². The number of halogens is 1. The van der Waals surface area contributed by atoms with Crippen molar-refractivity contribution >= 4 is 22.8 Å². The zero-order valence-electron chi connectivity index (χ0n) is 13.1. The van der Waals surface area contributed by atoms with Gasteiger partial charge in [0.1, 0.15) is 11.3 Å². The minimum atomic E-state index is 0.301. The molecule has 116 valence electrons. The Labute approximate surface area is 131 Å². The summed E-state index contributed by atoms with van der Waals surface area (Å²) in [5, 5.41) is 0. The molecule has 0 unspecified atom stereocenters. The number of imidazole rings is 1. The van der Waals surface area contributed by atoms with Gasteiger partial charge in [-0.15, -0.1) is 11.6 Å². The molecule has 2 aromatic rings. The van der Waals surface area contributed by atoms with Gasteiger partial charge in [0.15, 0.2) is 5.65 Å². The summed E-state index contributed by atoms with van der Waals surface area (Å²) >= 11 is 5.89. The number of pyridine rings is 1. The van der Waals surface area contributed by atoms with Crippen LogP contribution in [-0.2, 0) is 17.7 Å². The van der Waals surface area contributed by atoms with Crippen LogP contribution in [0.25, 0.3) is 11.2 Å². The Kier molecular flexibility index (Phi) is 6.00. The highest BCUT2D eigenvalue weighted by Gasteiger charge is 2.11. The van der Waals surface area contributed by atoms with E-state index in [1.165, 1.54) is 0 Å². The van der Waals surface area contributed by atoms with Crippen LogP contribution in [0.4, 0.5) is 0 Å². The molecule has 4 nitrogen and oxygen atoms in total.